The predicted molar refractivity (Wildman–Crippen MR) is 58.5 cm³/mol. The number of thiophene rings is 1. The van der Waals surface area contributed by atoms with Gasteiger partial charge in [0, 0.05) is 22.8 Å². The van der Waals surface area contributed by atoms with Gasteiger partial charge in [0.1, 0.15) is 0 Å². The average molecular weight is 195 g/mol. The van der Waals surface area contributed by atoms with Gasteiger partial charge in [-0.05, 0) is 30.4 Å². The van der Waals surface area contributed by atoms with Crippen LogP contribution in [-0.2, 0) is 25.8 Å². The number of fused-ring (bicyclic) bond motifs is 1. The van der Waals surface area contributed by atoms with E-state index in [1.807, 2.05) is 11.3 Å². The molecule has 0 radical (unpaired) electrons. The molecule has 13 heavy (non-hydrogen) atoms. The predicted octanol–water partition coefficient (Wildman–Crippen LogP) is 2.52. The first-order valence-electron chi connectivity index (χ1n) is 5.19. The monoisotopic (exact) mass is 195 g/mol. The van der Waals surface area contributed by atoms with E-state index >= 15 is 0 Å². The molecule has 2 heteroatoms. The molecule has 0 saturated carbocycles. The standard InChI is InChI=1S/C11H17NS/c1-3-8-9-7-12-6-5-11(9)13-10(8)4-2/h12H,3-7H2,1-2H3. The minimum absolute atomic E-state index is 1.11. The van der Waals surface area contributed by atoms with Crippen LogP contribution in [0.2, 0.25) is 0 Å². The van der Waals surface area contributed by atoms with E-state index in [9.17, 15) is 0 Å². The van der Waals surface area contributed by atoms with Crippen LogP contribution in [0.15, 0.2) is 0 Å². The van der Waals surface area contributed by atoms with Crippen molar-refractivity contribution in [2.24, 2.45) is 0 Å². The maximum atomic E-state index is 3.46. The number of hydrogen-bond donors (Lipinski definition) is 1. The molecule has 1 aliphatic rings. The Morgan fingerprint density at radius 1 is 1.31 bits per heavy atom. The molecular weight excluding hydrogens is 178 g/mol. The first kappa shape index (κ1) is 9.22. The van der Waals surface area contributed by atoms with E-state index in [-0.39, 0.29) is 0 Å². The Kier molecular flexibility index (Phi) is 2.70. The van der Waals surface area contributed by atoms with Gasteiger partial charge in [-0.25, -0.2) is 0 Å². The smallest absolute Gasteiger partial charge is 0.0219 e. The molecule has 1 aromatic heterocycles. The van der Waals surface area contributed by atoms with E-state index in [1.54, 1.807) is 20.9 Å². The number of nitrogens with one attached hydrogen (secondary N) is 1. The van der Waals surface area contributed by atoms with Crippen LogP contribution >= 0.6 is 11.3 Å². The second kappa shape index (κ2) is 3.81. The quantitative estimate of drug-likeness (QED) is 0.764. The van der Waals surface area contributed by atoms with Crippen molar-refractivity contribution in [1.82, 2.24) is 5.32 Å². The van der Waals surface area contributed by atoms with Crippen LogP contribution in [0.5, 0.6) is 0 Å². The van der Waals surface area contributed by atoms with Crippen molar-refractivity contribution in [1.29, 1.82) is 0 Å². The molecule has 1 nitrogen and oxygen atoms in total. The van der Waals surface area contributed by atoms with Gasteiger partial charge in [-0.15, -0.1) is 11.3 Å². The Bertz CT molecular complexity index is 291. The summed E-state index contributed by atoms with van der Waals surface area (Å²) in [5.74, 6) is 0. The summed E-state index contributed by atoms with van der Waals surface area (Å²) in [6.07, 6.45) is 3.66. The molecule has 0 aliphatic carbocycles. The molecule has 0 aromatic carbocycles. The summed E-state index contributed by atoms with van der Waals surface area (Å²) in [6, 6.07) is 0. The summed E-state index contributed by atoms with van der Waals surface area (Å²) in [5.41, 5.74) is 3.25. The van der Waals surface area contributed by atoms with E-state index in [1.165, 1.54) is 25.8 Å². The largest absolute Gasteiger partial charge is 0.312 e. The van der Waals surface area contributed by atoms with Gasteiger partial charge < -0.3 is 5.32 Å². The highest BCUT2D eigenvalue weighted by atomic mass is 32.1. The molecule has 1 aromatic rings. The van der Waals surface area contributed by atoms with Crippen LogP contribution < -0.4 is 5.32 Å². The lowest BCUT2D eigenvalue weighted by molar-refractivity contribution is 0.647. The molecule has 2 rings (SSSR count). The van der Waals surface area contributed by atoms with Crippen molar-refractivity contribution in [2.45, 2.75) is 39.7 Å². The van der Waals surface area contributed by atoms with Gasteiger partial charge in [-0.1, -0.05) is 13.8 Å². The van der Waals surface area contributed by atoms with Crippen LogP contribution in [0.4, 0.5) is 0 Å². The number of aryl methyl sites for hydroxylation is 1. The molecule has 0 bridgehead atoms. The maximum absolute atomic E-state index is 3.46. The zero-order valence-electron chi connectivity index (χ0n) is 8.44. The molecule has 2 heterocycles. The molecule has 0 saturated heterocycles. The second-order valence-corrected chi connectivity index (χ2v) is 4.73. The Morgan fingerprint density at radius 2 is 2.15 bits per heavy atom. The Hall–Kier alpha value is -0.340. The van der Waals surface area contributed by atoms with Crippen molar-refractivity contribution in [2.75, 3.05) is 6.54 Å². The van der Waals surface area contributed by atoms with Crippen molar-refractivity contribution in [3.63, 3.8) is 0 Å². The zero-order chi connectivity index (χ0) is 9.26. The van der Waals surface area contributed by atoms with Gasteiger partial charge >= 0.3 is 0 Å². The Morgan fingerprint density at radius 3 is 2.85 bits per heavy atom. The molecule has 1 aliphatic heterocycles. The highest BCUT2D eigenvalue weighted by Gasteiger charge is 2.17. The van der Waals surface area contributed by atoms with Crippen LogP contribution in [0.3, 0.4) is 0 Å². The van der Waals surface area contributed by atoms with Crippen molar-refractivity contribution >= 4 is 11.3 Å². The average Bonchev–Trinajstić information content (AvgIpc) is 2.55. The van der Waals surface area contributed by atoms with Gasteiger partial charge in [0.25, 0.3) is 0 Å². The lowest BCUT2D eigenvalue weighted by atomic mass is 10.0. The van der Waals surface area contributed by atoms with Crippen molar-refractivity contribution in [3.05, 3.63) is 20.9 Å². The number of rotatable bonds is 2. The molecule has 1 N–H and O–H groups in total. The first-order chi connectivity index (χ1) is 6.36. The SMILES string of the molecule is CCc1sc2c(c1CC)CNCC2. The van der Waals surface area contributed by atoms with Gasteiger partial charge in [0.05, 0.1) is 0 Å². The highest BCUT2D eigenvalue weighted by Crippen LogP contribution is 2.31. The van der Waals surface area contributed by atoms with E-state index in [2.05, 4.69) is 19.2 Å². The Labute approximate surface area is 84.2 Å². The van der Waals surface area contributed by atoms with Crippen LogP contribution in [0.1, 0.15) is 34.7 Å². The maximum Gasteiger partial charge on any atom is 0.0219 e. The molecule has 0 fully saturated rings. The van der Waals surface area contributed by atoms with Crippen molar-refractivity contribution in [3.8, 4) is 0 Å². The fraction of sp³-hybridized carbons (Fsp3) is 0.636. The van der Waals surface area contributed by atoms with E-state index in [4.69, 9.17) is 0 Å². The van der Waals surface area contributed by atoms with E-state index < -0.39 is 0 Å². The normalized spacial score (nSPS) is 15.8. The molecule has 0 amide bonds. The number of hydrogen-bond acceptors (Lipinski definition) is 2. The first-order valence-corrected chi connectivity index (χ1v) is 6.01. The molecule has 0 spiro atoms. The topological polar surface area (TPSA) is 12.0 Å². The lowest BCUT2D eigenvalue weighted by Crippen LogP contribution is -2.22. The van der Waals surface area contributed by atoms with E-state index in [0.29, 0.717) is 0 Å². The molecule has 0 unspecified atom stereocenters. The minimum Gasteiger partial charge on any atom is -0.312 e. The third kappa shape index (κ3) is 1.53. The Balaban J connectivity index is 2.44. The third-order valence-corrected chi connectivity index (χ3v) is 4.27. The van der Waals surface area contributed by atoms with Gasteiger partial charge in [0.2, 0.25) is 0 Å². The van der Waals surface area contributed by atoms with Crippen molar-refractivity contribution < 1.29 is 0 Å². The summed E-state index contributed by atoms with van der Waals surface area (Å²) in [6.45, 7) is 6.81. The lowest BCUT2D eigenvalue weighted by Gasteiger charge is -2.13. The summed E-state index contributed by atoms with van der Waals surface area (Å²) >= 11 is 2.05. The zero-order valence-corrected chi connectivity index (χ0v) is 9.26. The third-order valence-electron chi connectivity index (χ3n) is 2.79. The van der Waals surface area contributed by atoms with Gasteiger partial charge in [-0.3, -0.25) is 0 Å². The second-order valence-electron chi connectivity index (χ2n) is 3.54. The van der Waals surface area contributed by atoms with E-state index in [0.717, 1.165) is 6.54 Å². The molecule has 72 valence electrons. The van der Waals surface area contributed by atoms with Crippen LogP contribution in [-0.4, -0.2) is 6.54 Å². The summed E-state index contributed by atoms with van der Waals surface area (Å²) in [7, 11) is 0. The summed E-state index contributed by atoms with van der Waals surface area (Å²) < 4.78 is 0. The summed E-state index contributed by atoms with van der Waals surface area (Å²) in [4.78, 5) is 3.27. The van der Waals surface area contributed by atoms with Crippen LogP contribution in [0, 0.1) is 0 Å². The summed E-state index contributed by atoms with van der Waals surface area (Å²) in [5, 5.41) is 3.46. The molecular formula is C11H17NS. The fourth-order valence-corrected chi connectivity index (χ4v) is 3.48. The molecule has 0 atom stereocenters. The fourth-order valence-electron chi connectivity index (χ4n) is 2.13. The van der Waals surface area contributed by atoms with Gasteiger partial charge in [-0.2, -0.15) is 0 Å². The minimum atomic E-state index is 1.11. The highest BCUT2D eigenvalue weighted by molar-refractivity contribution is 7.12. The van der Waals surface area contributed by atoms with Gasteiger partial charge in [0.15, 0.2) is 0 Å². The van der Waals surface area contributed by atoms with Crippen LogP contribution in [0.25, 0.3) is 0 Å².